The van der Waals surface area contributed by atoms with Crippen LogP contribution in [0.15, 0.2) is 66.3 Å². The molecule has 2 heterocycles. The summed E-state index contributed by atoms with van der Waals surface area (Å²) in [6.07, 6.45) is 3.58. The third-order valence-corrected chi connectivity index (χ3v) is 4.95. The quantitative estimate of drug-likeness (QED) is 0.800. The van der Waals surface area contributed by atoms with Crippen molar-refractivity contribution in [2.24, 2.45) is 0 Å². The van der Waals surface area contributed by atoms with E-state index < -0.39 is 12.0 Å². The summed E-state index contributed by atoms with van der Waals surface area (Å²) in [5, 5.41) is 22.2. The number of aliphatic hydroxyl groups is 1. The Morgan fingerprint density at radius 3 is 2.33 bits per heavy atom. The number of nitriles is 1. The van der Waals surface area contributed by atoms with Gasteiger partial charge in [-0.1, -0.05) is 18.2 Å². The van der Waals surface area contributed by atoms with E-state index in [-0.39, 0.29) is 17.4 Å². The Morgan fingerprint density at radius 1 is 1.15 bits per heavy atom. The topological polar surface area (TPSA) is 80.2 Å². The van der Waals surface area contributed by atoms with E-state index in [9.17, 15) is 15.2 Å². The van der Waals surface area contributed by atoms with Crippen LogP contribution in [0.4, 0.5) is 5.69 Å². The van der Waals surface area contributed by atoms with E-state index in [1.54, 1.807) is 17.0 Å². The monoisotopic (exact) mass is 363 g/mol. The SMILES string of the molecule is CCN(CC)c1ccc([C@@H]2C(C#N)=C(O)NC(=O)[C@H]2[n+]2ccccc2)cc1. The van der Waals surface area contributed by atoms with Crippen LogP contribution in [0.3, 0.4) is 0 Å². The van der Waals surface area contributed by atoms with Gasteiger partial charge in [-0.2, -0.15) is 9.83 Å². The van der Waals surface area contributed by atoms with Gasteiger partial charge in [0.05, 0.1) is 5.92 Å². The summed E-state index contributed by atoms with van der Waals surface area (Å²) in [5.74, 6) is -1.28. The Hall–Kier alpha value is -3.33. The van der Waals surface area contributed by atoms with Gasteiger partial charge in [0.1, 0.15) is 11.6 Å². The van der Waals surface area contributed by atoms with Crippen molar-refractivity contribution in [1.82, 2.24) is 5.32 Å². The summed E-state index contributed by atoms with van der Waals surface area (Å²) in [5.41, 5.74) is 2.05. The largest absolute Gasteiger partial charge is 0.494 e. The number of nitrogens with one attached hydrogen (secondary N) is 1. The van der Waals surface area contributed by atoms with Gasteiger partial charge >= 0.3 is 0 Å². The Kier molecular flexibility index (Phi) is 5.41. The number of amides is 1. The molecule has 1 aromatic carbocycles. The minimum Gasteiger partial charge on any atom is -0.494 e. The molecule has 0 unspecified atom stereocenters. The lowest BCUT2D eigenvalue weighted by Gasteiger charge is -2.28. The van der Waals surface area contributed by atoms with Gasteiger partial charge in [-0.05, 0) is 31.5 Å². The molecule has 1 aromatic heterocycles. The van der Waals surface area contributed by atoms with E-state index in [1.807, 2.05) is 42.5 Å². The number of allylic oxidation sites excluding steroid dienone is 1. The van der Waals surface area contributed by atoms with Crippen molar-refractivity contribution < 1.29 is 14.5 Å². The minimum atomic E-state index is -0.656. The van der Waals surface area contributed by atoms with Crippen LogP contribution in [0, 0.1) is 11.3 Å². The molecule has 2 N–H and O–H groups in total. The Bertz CT molecular complexity index is 881. The average molecular weight is 363 g/mol. The molecule has 0 fully saturated rings. The van der Waals surface area contributed by atoms with Crippen molar-refractivity contribution in [2.75, 3.05) is 18.0 Å². The molecule has 0 radical (unpaired) electrons. The lowest BCUT2D eigenvalue weighted by Crippen LogP contribution is -2.53. The first-order chi connectivity index (χ1) is 13.1. The van der Waals surface area contributed by atoms with Crippen LogP contribution >= 0.6 is 0 Å². The zero-order chi connectivity index (χ0) is 19.4. The first kappa shape index (κ1) is 18.5. The van der Waals surface area contributed by atoms with Gasteiger partial charge in [0.25, 0.3) is 5.91 Å². The van der Waals surface area contributed by atoms with E-state index in [1.165, 1.54) is 0 Å². The number of aliphatic hydroxyl groups excluding tert-OH is 1. The van der Waals surface area contributed by atoms with Gasteiger partial charge in [0, 0.05) is 30.9 Å². The maximum atomic E-state index is 12.7. The number of aromatic nitrogens is 1. The fraction of sp³-hybridized carbons (Fsp3) is 0.286. The van der Waals surface area contributed by atoms with E-state index in [0.717, 1.165) is 24.3 Å². The minimum absolute atomic E-state index is 0.159. The maximum Gasteiger partial charge on any atom is 0.296 e. The molecule has 6 heteroatoms. The lowest BCUT2D eigenvalue weighted by molar-refractivity contribution is -0.711. The molecule has 2 atom stereocenters. The van der Waals surface area contributed by atoms with Crippen LogP contribution in [-0.4, -0.2) is 24.1 Å². The van der Waals surface area contributed by atoms with Crippen LogP contribution in [0.25, 0.3) is 0 Å². The molecule has 0 saturated heterocycles. The highest BCUT2D eigenvalue weighted by Gasteiger charge is 2.45. The fourth-order valence-corrected chi connectivity index (χ4v) is 3.57. The number of hydrogen-bond acceptors (Lipinski definition) is 4. The second kappa shape index (κ2) is 7.92. The zero-order valence-corrected chi connectivity index (χ0v) is 15.5. The number of carbonyl (C=O) groups excluding carboxylic acids is 1. The number of pyridine rings is 1. The number of nitrogens with zero attached hydrogens (tertiary/aromatic N) is 3. The molecule has 0 spiro atoms. The number of anilines is 1. The number of rotatable bonds is 5. The average Bonchev–Trinajstić information content (AvgIpc) is 2.69. The fourth-order valence-electron chi connectivity index (χ4n) is 3.57. The first-order valence-corrected chi connectivity index (χ1v) is 9.05. The third-order valence-electron chi connectivity index (χ3n) is 4.95. The summed E-state index contributed by atoms with van der Waals surface area (Å²) in [4.78, 5) is 14.9. The second-order valence-corrected chi connectivity index (χ2v) is 6.37. The van der Waals surface area contributed by atoms with Crippen molar-refractivity contribution in [3.63, 3.8) is 0 Å². The predicted octanol–water partition coefficient (Wildman–Crippen LogP) is 2.57. The highest BCUT2D eigenvalue weighted by Crippen LogP contribution is 2.37. The molecule has 0 aliphatic carbocycles. The summed E-state index contributed by atoms with van der Waals surface area (Å²) in [7, 11) is 0. The van der Waals surface area contributed by atoms with E-state index in [0.29, 0.717) is 0 Å². The summed E-state index contributed by atoms with van der Waals surface area (Å²) in [6.45, 7) is 5.99. The Balaban J connectivity index is 2.08. The van der Waals surface area contributed by atoms with Crippen LogP contribution in [0.1, 0.15) is 31.4 Å². The number of carbonyl (C=O) groups is 1. The second-order valence-electron chi connectivity index (χ2n) is 6.37. The van der Waals surface area contributed by atoms with Crippen molar-refractivity contribution in [3.8, 4) is 6.07 Å². The van der Waals surface area contributed by atoms with Crippen LogP contribution in [0.2, 0.25) is 0 Å². The molecular formula is C21H23N4O2+. The van der Waals surface area contributed by atoms with E-state index in [2.05, 4.69) is 30.1 Å². The molecule has 1 amide bonds. The van der Waals surface area contributed by atoms with E-state index in [4.69, 9.17) is 0 Å². The summed E-state index contributed by atoms with van der Waals surface area (Å²) >= 11 is 0. The van der Waals surface area contributed by atoms with Gasteiger partial charge in [-0.3, -0.25) is 10.1 Å². The van der Waals surface area contributed by atoms with Crippen LogP contribution < -0.4 is 14.8 Å². The molecule has 3 rings (SSSR count). The number of benzene rings is 1. The van der Waals surface area contributed by atoms with Crippen molar-refractivity contribution in [1.29, 1.82) is 5.26 Å². The van der Waals surface area contributed by atoms with Gasteiger partial charge in [0.15, 0.2) is 12.4 Å². The summed E-state index contributed by atoms with van der Waals surface area (Å²) in [6, 6.07) is 14.8. The molecule has 1 aliphatic rings. The van der Waals surface area contributed by atoms with Gasteiger partial charge in [-0.15, -0.1) is 0 Å². The maximum absolute atomic E-state index is 12.7. The molecule has 138 valence electrons. The Morgan fingerprint density at radius 2 is 1.78 bits per heavy atom. The third kappa shape index (κ3) is 3.49. The van der Waals surface area contributed by atoms with Crippen molar-refractivity contribution in [2.45, 2.75) is 25.8 Å². The van der Waals surface area contributed by atoms with Crippen molar-refractivity contribution in [3.05, 3.63) is 71.9 Å². The highest BCUT2D eigenvalue weighted by molar-refractivity contribution is 5.84. The predicted molar refractivity (Wildman–Crippen MR) is 102 cm³/mol. The first-order valence-electron chi connectivity index (χ1n) is 9.05. The van der Waals surface area contributed by atoms with Crippen LogP contribution in [0.5, 0.6) is 0 Å². The molecule has 0 bridgehead atoms. The van der Waals surface area contributed by atoms with Gasteiger partial charge in [0.2, 0.25) is 11.9 Å². The normalized spacial score (nSPS) is 19.4. The number of hydrogen-bond donors (Lipinski definition) is 2. The molecule has 27 heavy (non-hydrogen) atoms. The van der Waals surface area contributed by atoms with Gasteiger partial charge < -0.3 is 10.0 Å². The smallest absolute Gasteiger partial charge is 0.296 e. The molecular weight excluding hydrogens is 340 g/mol. The standard InChI is InChI=1S/C21H22N4O2/c1-3-24(4-2)16-10-8-15(9-11-16)18-17(14-22)20(26)23-21(27)19(18)25-12-6-5-7-13-25/h5-13,18-19H,3-4H2,1-2H3,(H-,23,26,27)/p+1/t18-,19+/m1/s1. The highest BCUT2D eigenvalue weighted by atomic mass is 16.3. The van der Waals surface area contributed by atoms with E-state index >= 15 is 0 Å². The summed E-state index contributed by atoms with van der Waals surface area (Å²) < 4.78 is 1.77. The molecule has 6 nitrogen and oxygen atoms in total. The lowest BCUT2D eigenvalue weighted by atomic mass is 9.82. The molecule has 2 aromatic rings. The molecule has 0 saturated carbocycles. The Labute approximate surface area is 159 Å². The molecule has 1 aliphatic heterocycles. The zero-order valence-electron chi connectivity index (χ0n) is 15.5. The van der Waals surface area contributed by atoms with Crippen LogP contribution in [-0.2, 0) is 4.79 Å². The van der Waals surface area contributed by atoms with Gasteiger partial charge in [-0.25, -0.2) is 0 Å². The van der Waals surface area contributed by atoms with Crippen molar-refractivity contribution >= 4 is 11.6 Å².